The van der Waals surface area contributed by atoms with Crippen molar-refractivity contribution in [3.63, 3.8) is 0 Å². The van der Waals surface area contributed by atoms with Gasteiger partial charge in [-0.15, -0.1) is 6.58 Å². The average Bonchev–Trinajstić information content (AvgIpc) is 2.44. The maximum absolute atomic E-state index is 11.8. The number of nitrogens with one attached hydrogen (secondary N) is 2. The number of carboxylic acids is 1. The van der Waals surface area contributed by atoms with Crippen molar-refractivity contribution >= 4 is 11.9 Å². The van der Waals surface area contributed by atoms with Crippen LogP contribution < -0.4 is 10.6 Å². The van der Waals surface area contributed by atoms with Gasteiger partial charge in [-0.3, -0.25) is 9.59 Å². The number of benzene rings is 1. The fourth-order valence-corrected chi connectivity index (χ4v) is 1.81. The number of amides is 1. The standard InChI is InChI=1S/C15H20N2O3/c1-2-10-16-11-14(18)17-13(8-9-15(19)20)12-6-4-3-5-7-12/h2-7,13,16H,1,8-11H2,(H,17,18)(H,19,20). The highest BCUT2D eigenvalue weighted by molar-refractivity contribution is 5.78. The molecule has 0 aliphatic heterocycles. The van der Waals surface area contributed by atoms with E-state index in [9.17, 15) is 9.59 Å². The number of hydrogen-bond acceptors (Lipinski definition) is 3. The van der Waals surface area contributed by atoms with E-state index in [-0.39, 0.29) is 24.9 Å². The van der Waals surface area contributed by atoms with E-state index in [1.807, 2.05) is 30.3 Å². The van der Waals surface area contributed by atoms with Crippen molar-refractivity contribution < 1.29 is 14.7 Å². The molecule has 0 spiro atoms. The van der Waals surface area contributed by atoms with Crippen LogP contribution in [0.15, 0.2) is 43.0 Å². The smallest absolute Gasteiger partial charge is 0.303 e. The summed E-state index contributed by atoms with van der Waals surface area (Å²) >= 11 is 0. The van der Waals surface area contributed by atoms with Gasteiger partial charge in [0.05, 0.1) is 12.6 Å². The zero-order valence-corrected chi connectivity index (χ0v) is 11.3. The predicted octanol–water partition coefficient (Wildman–Crippen LogP) is 1.48. The van der Waals surface area contributed by atoms with Gasteiger partial charge in [-0.25, -0.2) is 0 Å². The molecule has 1 rings (SSSR count). The summed E-state index contributed by atoms with van der Waals surface area (Å²) < 4.78 is 0. The zero-order chi connectivity index (χ0) is 14.8. The van der Waals surface area contributed by atoms with Crippen molar-refractivity contribution in [3.05, 3.63) is 48.6 Å². The van der Waals surface area contributed by atoms with Crippen molar-refractivity contribution in [2.45, 2.75) is 18.9 Å². The van der Waals surface area contributed by atoms with Crippen LogP contribution in [0.3, 0.4) is 0 Å². The van der Waals surface area contributed by atoms with Crippen LogP contribution in [0.5, 0.6) is 0 Å². The van der Waals surface area contributed by atoms with Crippen LogP contribution in [0.2, 0.25) is 0 Å². The van der Waals surface area contributed by atoms with Crippen LogP contribution in [-0.4, -0.2) is 30.1 Å². The summed E-state index contributed by atoms with van der Waals surface area (Å²) in [6.07, 6.45) is 2.05. The van der Waals surface area contributed by atoms with Gasteiger partial charge in [0.2, 0.25) is 5.91 Å². The van der Waals surface area contributed by atoms with E-state index < -0.39 is 5.97 Å². The molecular formula is C15H20N2O3. The molecule has 5 heteroatoms. The molecule has 0 saturated carbocycles. The molecular weight excluding hydrogens is 256 g/mol. The van der Waals surface area contributed by atoms with E-state index in [2.05, 4.69) is 17.2 Å². The Kier molecular flexibility index (Phi) is 7.06. The van der Waals surface area contributed by atoms with Crippen LogP contribution in [0.1, 0.15) is 24.4 Å². The van der Waals surface area contributed by atoms with Crippen LogP contribution in [0.25, 0.3) is 0 Å². The van der Waals surface area contributed by atoms with Gasteiger partial charge >= 0.3 is 5.97 Å². The summed E-state index contributed by atoms with van der Waals surface area (Å²) in [4.78, 5) is 22.5. The number of hydrogen-bond donors (Lipinski definition) is 3. The third-order valence-electron chi connectivity index (χ3n) is 2.76. The highest BCUT2D eigenvalue weighted by atomic mass is 16.4. The van der Waals surface area contributed by atoms with E-state index in [1.54, 1.807) is 6.08 Å². The molecule has 1 amide bonds. The van der Waals surface area contributed by atoms with E-state index in [1.165, 1.54) is 0 Å². The molecule has 5 nitrogen and oxygen atoms in total. The van der Waals surface area contributed by atoms with E-state index in [0.29, 0.717) is 13.0 Å². The molecule has 0 radical (unpaired) electrons. The SMILES string of the molecule is C=CCNCC(=O)NC(CCC(=O)O)c1ccccc1. The molecule has 108 valence electrons. The molecule has 20 heavy (non-hydrogen) atoms. The third-order valence-corrected chi connectivity index (χ3v) is 2.76. The lowest BCUT2D eigenvalue weighted by molar-refractivity contribution is -0.137. The quantitative estimate of drug-likeness (QED) is 0.471. The first kappa shape index (κ1) is 15.9. The number of rotatable bonds is 9. The number of carboxylic acid groups (broad SMARTS) is 1. The average molecular weight is 276 g/mol. The van der Waals surface area contributed by atoms with Gasteiger partial charge in [0, 0.05) is 13.0 Å². The second kappa shape index (κ2) is 8.87. The van der Waals surface area contributed by atoms with Gasteiger partial charge in [0.15, 0.2) is 0 Å². The molecule has 3 N–H and O–H groups in total. The van der Waals surface area contributed by atoms with Crippen LogP contribution in [0.4, 0.5) is 0 Å². The fraction of sp³-hybridized carbons (Fsp3) is 0.333. The minimum absolute atomic E-state index is 0.0138. The summed E-state index contributed by atoms with van der Waals surface area (Å²) in [6, 6.07) is 9.08. The lowest BCUT2D eigenvalue weighted by atomic mass is 10.0. The molecule has 1 aromatic carbocycles. The maximum Gasteiger partial charge on any atom is 0.303 e. The monoisotopic (exact) mass is 276 g/mol. The van der Waals surface area contributed by atoms with Gasteiger partial charge in [-0.2, -0.15) is 0 Å². The van der Waals surface area contributed by atoms with Gasteiger partial charge in [0.25, 0.3) is 0 Å². The van der Waals surface area contributed by atoms with Gasteiger partial charge in [-0.1, -0.05) is 36.4 Å². The Labute approximate surface area is 118 Å². The summed E-state index contributed by atoms with van der Waals surface area (Å²) in [5.74, 6) is -1.03. The van der Waals surface area contributed by atoms with Crippen molar-refractivity contribution in [3.8, 4) is 0 Å². The van der Waals surface area contributed by atoms with Crippen molar-refractivity contribution in [1.82, 2.24) is 10.6 Å². The lowest BCUT2D eigenvalue weighted by Crippen LogP contribution is -2.36. The highest BCUT2D eigenvalue weighted by Gasteiger charge is 2.15. The molecule has 1 aromatic rings. The second-order valence-corrected chi connectivity index (χ2v) is 4.38. The molecule has 0 aliphatic rings. The minimum Gasteiger partial charge on any atom is -0.481 e. The molecule has 0 aromatic heterocycles. The molecule has 0 saturated heterocycles. The Balaban J connectivity index is 2.60. The Hall–Kier alpha value is -2.14. The maximum atomic E-state index is 11.8. The molecule has 0 heterocycles. The van der Waals surface area contributed by atoms with Crippen molar-refractivity contribution in [1.29, 1.82) is 0 Å². The van der Waals surface area contributed by atoms with E-state index in [4.69, 9.17) is 5.11 Å². The van der Waals surface area contributed by atoms with Crippen LogP contribution in [0, 0.1) is 0 Å². The molecule has 0 bridgehead atoms. The minimum atomic E-state index is -0.870. The normalized spacial score (nSPS) is 11.6. The first-order valence-electron chi connectivity index (χ1n) is 6.51. The first-order valence-corrected chi connectivity index (χ1v) is 6.51. The van der Waals surface area contributed by atoms with Gasteiger partial charge in [-0.05, 0) is 12.0 Å². The van der Waals surface area contributed by atoms with Gasteiger partial charge in [0.1, 0.15) is 0 Å². The second-order valence-electron chi connectivity index (χ2n) is 4.38. The Morgan fingerprint density at radius 1 is 1.30 bits per heavy atom. The molecule has 0 aliphatic carbocycles. The topological polar surface area (TPSA) is 78.4 Å². The Bertz CT molecular complexity index is 446. The highest BCUT2D eigenvalue weighted by Crippen LogP contribution is 2.18. The Morgan fingerprint density at radius 2 is 2.00 bits per heavy atom. The van der Waals surface area contributed by atoms with Crippen LogP contribution >= 0.6 is 0 Å². The van der Waals surface area contributed by atoms with Crippen LogP contribution in [-0.2, 0) is 9.59 Å². The Morgan fingerprint density at radius 3 is 2.60 bits per heavy atom. The molecule has 1 atom stereocenters. The third kappa shape index (κ3) is 6.15. The van der Waals surface area contributed by atoms with Crippen molar-refractivity contribution in [2.75, 3.05) is 13.1 Å². The summed E-state index contributed by atoms with van der Waals surface area (Å²) in [7, 11) is 0. The van der Waals surface area contributed by atoms with Crippen molar-refractivity contribution in [2.24, 2.45) is 0 Å². The first-order chi connectivity index (χ1) is 9.63. The summed E-state index contributed by atoms with van der Waals surface area (Å²) in [5.41, 5.74) is 0.908. The summed E-state index contributed by atoms with van der Waals surface area (Å²) in [6.45, 7) is 4.29. The summed E-state index contributed by atoms with van der Waals surface area (Å²) in [5, 5.41) is 14.5. The number of carbonyl (C=O) groups excluding carboxylic acids is 1. The van der Waals surface area contributed by atoms with Gasteiger partial charge < -0.3 is 15.7 Å². The fourth-order valence-electron chi connectivity index (χ4n) is 1.81. The zero-order valence-electron chi connectivity index (χ0n) is 11.3. The number of carbonyl (C=O) groups is 2. The predicted molar refractivity (Wildman–Crippen MR) is 77.3 cm³/mol. The van der Waals surface area contributed by atoms with E-state index >= 15 is 0 Å². The van der Waals surface area contributed by atoms with E-state index in [0.717, 1.165) is 5.56 Å². The largest absolute Gasteiger partial charge is 0.481 e. The number of aliphatic carboxylic acids is 1. The molecule has 1 unspecified atom stereocenters. The molecule has 0 fully saturated rings. The lowest BCUT2D eigenvalue weighted by Gasteiger charge is -2.18.